The van der Waals surface area contributed by atoms with Crippen LogP contribution in [-0.4, -0.2) is 52.7 Å². The van der Waals surface area contributed by atoms with Crippen LogP contribution in [-0.2, 0) is 16.6 Å². The van der Waals surface area contributed by atoms with E-state index in [-0.39, 0.29) is 0 Å². The van der Waals surface area contributed by atoms with E-state index in [4.69, 9.17) is 0 Å². The van der Waals surface area contributed by atoms with Crippen molar-refractivity contribution in [3.8, 4) is 0 Å². The minimum atomic E-state index is -3.16. The summed E-state index contributed by atoms with van der Waals surface area (Å²) in [6.45, 7) is 1.51. The Morgan fingerprint density at radius 3 is 2.50 bits per heavy atom. The van der Waals surface area contributed by atoms with Crippen molar-refractivity contribution in [2.24, 2.45) is 4.99 Å². The average Bonchev–Trinajstić information content (AvgIpc) is 2.53. The highest BCUT2D eigenvalue weighted by Gasteiger charge is 2.07. The maximum Gasteiger partial charge on any atom is 0.208 e. The molecule has 0 atom stereocenters. The zero-order valence-corrected chi connectivity index (χ0v) is 15.1. The molecule has 6 nitrogen and oxygen atoms in total. The van der Waals surface area contributed by atoms with E-state index in [1.54, 1.807) is 7.05 Å². The summed E-state index contributed by atoms with van der Waals surface area (Å²) in [5.41, 5.74) is 1.19. The minimum absolute atomic E-state index is 0.321. The predicted octanol–water partition coefficient (Wildman–Crippen LogP) is 1.40. The van der Waals surface area contributed by atoms with Crippen LogP contribution in [0, 0.1) is 0 Å². The quantitative estimate of drug-likeness (QED) is 0.470. The number of hydrogen-bond donors (Lipinski definition) is 2. The SMILES string of the molecule is CN=C(NCCNS(C)(=O)=O)N(C)Cc1ccc2ccccc2c1. The van der Waals surface area contributed by atoms with E-state index in [2.05, 4.69) is 45.4 Å². The lowest BCUT2D eigenvalue weighted by molar-refractivity contribution is 0.477. The van der Waals surface area contributed by atoms with Gasteiger partial charge in [0.25, 0.3) is 0 Å². The van der Waals surface area contributed by atoms with Gasteiger partial charge in [-0.2, -0.15) is 0 Å². The molecule has 0 aliphatic carbocycles. The number of rotatable bonds is 6. The molecule has 0 unspecified atom stereocenters. The van der Waals surface area contributed by atoms with Gasteiger partial charge in [0.1, 0.15) is 0 Å². The number of guanidine groups is 1. The molecule has 0 saturated heterocycles. The second-order valence-corrected chi connectivity index (χ2v) is 7.51. The third kappa shape index (κ3) is 5.50. The van der Waals surface area contributed by atoms with Crippen molar-refractivity contribution >= 4 is 26.8 Å². The first-order valence-electron chi connectivity index (χ1n) is 7.73. The molecule has 24 heavy (non-hydrogen) atoms. The Balaban J connectivity index is 1.94. The van der Waals surface area contributed by atoms with E-state index in [0.29, 0.717) is 19.6 Å². The second-order valence-electron chi connectivity index (χ2n) is 5.68. The number of fused-ring (bicyclic) bond motifs is 1. The van der Waals surface area contributed by atoms with E-state index >= 15 is 0 Å². The predicted molar refractivity (Wildman–Crippen MR) is 99.6 cm³/mol. The Kier molecular flexibility index (Phi) is 6.16. The van der Waals surface area contributed by atoms with Crippen molar-refractivity contribution in [3.63, 3.8) is 0 Å². The summed E-state index contributed by atoms with van der Waals surface area (Å²) >= 11 is 0. The monoisotopic (exact) mass is 348 g/mol. The number of nitrogens with one attached hydrogen (secondary N) is 2. The van der Waals surface area contributed by atoms with E-state index in [1.165, 1.54) is 16.3 Å². The van der Waals surface area contributed by atoms with Crippen LogP contribution in [0.4, 0.5) is 0 Å². The molecule has 0 aromatic heterocycles. The van der Waals surface area contributed by atoms with Crippen LogP contribution in [0.15, 0.2) is 47.5 Å². The highest BCUT2D eigenvalue weighted by Crippen LogP contribution is 2.16. The number of sulfonamides is 1. The summed E-state index contributed by atoms with van der Waals surface area (Å²) in [5, 5.41) is 5.58. The largest absolute Gasteiger partial charge is 0.355 e. The van der Waals surface area contributed by atoms with Gasteiger partial charge in [0.2, 0.25) is 10.0 Å². The summed E-state index contributed by atoms with van der Waals surface area (Å²) in [6, 6.07) is 14.7. The zero-order valence-electron chi connectivity index (χ0n) is 14.3. The van der Waals surface area contributed by atoms with Gasteiger partial charge in [0.05, 0.1) is 6.26 Å². The molecule has 2 aromatic rings. The number of benzene rings is 2. The van der Waals surface area contributed by atoms with Crippen LogP contribution in [0.1, 0.15) is 5.56 Å². The molecule has 2 N–H and O–H groups in total. The smallest absolute Gasteiger partial charge is 0.208 e. The number of nitrogens with zero attached hydrogens (tertiary/aromatic N) is 2. The Bertz CT molecular complexity index is 818. The molecule has 0 bridgehead atoms. The maximum absolute atomic E-state index is 11.0. The highest BCUT2D eigenvalue weighted by atomic mass is 32.2. The lowest BCUT2D eigenvalue weighted by atomic mass is 10.1. The van der Waals surface area contributed by atoms with Crippen molar-refractivity contribution in [3.05, 3.63) is 48.0 Å². The van der Waals surface area contributed by atoms with Crippen LogP contribution in [0.25, 0.3) is 10.8 Å². The average molecular weight is 348 g/mol. The molecule has 0 fully saturated rings. The van der Waals surface area contributed by atoms with Gasteiger partial charge < -0.3 is 10.2 Å². The molecular formula is C17H24N4O2S. The van der Waals surface area contributed by atoms with Gasteiger partial charge in [-0.25, -0.2) is 13.1 Å². The molecule has 0 aliphatic heterocycles. The molecule has 2 aromatic carbocycles. The third-order valence-electron chi connectivity index (χ3n) is 3.58. The Hall–Kier alpha value is -2.12. The van der Waals surface area contributed by atoms with E-state index in [1.807, 2.05) is 24.1 Å². The van der Waals surface area contributed by atoms with E-state index in [9.17, 15) is 8.42 Å². The topological polar surface area (TPSA) is 73.8 Å². The van der Waals surface area contributed by atoms with Gasteiger partial charge in [-0.15, -0.1) is 0 Å². The maximum atomic E-state index is 11.0. The molecule has 130 valence electrons. The van der Waals surface area contributed by atoms with Gasteiger partial charge in [0.15, 0.2) is 5.96 Å². The van der Waals surface area contributed by atoms with Crippen molar-refractivity contribution in [1.29, 1.82) is 0 Å². The molecule has 7 heteroatoms. The highest BCUT2D eigenvalue weighted by molar-refractivity contribution is 7.88. The number of hydrogen-bond acceptors (Lipinski definition) is 3. The lowest BCUT2D eigenvalue weighted by Gasteiger charge is -2.22. The van der Waals surface area contributed by atoms with Crippen LogP contribution in [0.2, 0.25) is 0 Å². The standard InChI is InChI=1S/C17H24N4O2S/c1-18-17(19-10-11-20-24(3,22)23)21(2)13-14-8-9-15-6-4-5-7-16(15)12-14/h4-9,12,20H,10-11,13H2,1-3H3,(H,18,19). The third-order valence-corrected chi connectivity index (χ3v) is 4.31. The molecule has 0 radical (unpaired) electrons. The number of aliphatic imine (C=N–C) groups is 1. The second kappa shape index (κ2) is 8.12. The fourth-order valence-electron chi connectivity index (χ4n) is 2.48. The van der Waals surface area contributed by atoms with Crippen molar-refractivity contribution in [1.82, 2.24) is 14.9 Å². The van der Waals surface area contributed by atoms with Gasteiger partial charge in [-0.05, 0) is 22.4 Å². The summed E-state index contributed by atoms with van der Waals surface area (Å²) in [7, 11) is 0.503. The van der Waals surface area contributed by atoms with Crippen molar-refractivity contribution in [2.45, 2.75) is 6.54 Å². The summed E-state index contributed by atoms with van der Waals surface area (Å²) in [4.78, 5) is 6.24. The van der Waals surface area contributed by atoms with Gasteiger partial charge >= 0.3 is 0 Å². The van der Waals surface area contributed by atoms with Gasteiger partial charge in [-0.1, -0.05) is 36.4 Å². The normalized spacial score (nSPS) is 12.4. The summed E-state index contributed by atoms with van der Waals surface area (Å²) in [6.07, 6.45) is 1.15. The fraction of sp³-hybridized carbons (Fsp3) is 0.353. The minimum Gasteiger partial charge on any atom is -0.355 e. The van der Waals surface area contributed by atoms with Crippen LogP contribution in [0.3, 0.4) is 0 Å². The van der Waals surface area contributed by atoms with Crippen LogP contribution < -0.4 is 10.0 Å². The molecule has 0 saturated carbocycles. The first-order valence-corrected chi connectivity index (χ1v) is 9.62. The summed E-state index contributed by atoms with van der Waals surface area (Å²) < 4.78 is 24.5. The molecular weight excluding hydrogens is 324 g/mol. The molecule has 0 heterocycles. The van der Waals surface area contributed by atoms with Crippen LogP contribution >= 0.6 is 0 Å². The zero-order chi connectivity index (χ0) is 17.6. The van der Waals surface area contributed by atoms with Gasteiger partial charge in [0, 0.05) is 33.7 Å². The van der Waals surface area contributed by atoms with Crippen molar-refractivity contribution in [2.75, 3.05) is 33.4 Å². The Morgan fingerprint density at radius 2 is 1.83 bits per heavy atom. The van der Waals surface area contributed by atoms with Gasteiger partial charge in [-0.3, -0.25) is 4.99 Å². The first-order chi connectivity index (χ1) is 11.4. The van der Waals surface area contributed by atoms with E-state index in [0.717, 1.165) is 12.2 Å². The van der Waals surface area contributed by atoms with Crippen LogP contribution in [0.5, 0.6) is 0 Å². The molecule has 0 aliphatic rings. The Morgan fingerprint density at radius 1 is 1.12 bits per heavy atom. The molecule has 0 amide bonds. The molecule has 0 spiro atoms. The molecule has 2 rings (SSSR count). The van der Waals surface area contributed by atoms with Crippen molar-refractivity contribution < 1.29 is 8.42 Å². The fourth-order valence-corrected chi connectivity index (χ4v) is 2.95. The van der Waals surface area contributed by atoms with E-state index < -0.39 is 10.0 Å². The lowest BCUT2D eigenvalue weighted by Crippen LogP contribution is -2.42. The first kappa shape index (κ1) is 18.2. The Labute approximate surface area is 143 Å². The summed E-state index contributed by atoms with van der Waals surface area (Å²) in [5.74, 6) is 0.721.